The lowest BCUT2D eigenvalue weighted by Gasteiger charge is -2.12. The lowest BCUT2D eigenvalue weighted by molar-refractivity contribution is 0.280. The van der Waals surface area contributed by atoms with Crippen molar-refractivity contribution in [2.24, 2.45) is 5.73 Å². The number of hydrogen-bond donors (Lipinski definition) is 2. The van der Waals surface area contributed by atoms with Gasteiger partial charge in [-0.25, -0.2) is 4.98 Å². The molecule has 0 bridgehead atoms. The second-order valence-electron chi connectivity index (χ2n) is 4.40. The van der Waals surface area contributed by atoms with E-state index in [-0.39, 0.29) is 6.61 Å². The average molecular weight is 274 g/mol. The van der Waals surface area contributed by atoms with E-state index in [0.717, 1.165) is 16.8 Å². The first-order valence-electron chi connectivity index (χ1n) is 6.29. The quantitative estimate of drug-likeness (QED) is 0.873. The number of aryl methyl sites for hydroxylation is 1. The van der Waals surface area contributed by atoms with Crippen LogP contribution in [0.5, 0.6) is 17.4 Å². The van der Waals surface area contributed by atoms with Crippen LogP contribution >= 0.6 is 0 Å². The molecule has 0 spiro atoms. The van der Waals surface area contributed by atoms with Gasteiger partial charge in [0.25, 0.3) is 0 Å². The molecule has 1 aromatic heterocycles. The van der Waals surface area contributed by atoms with Gasteiger partial charge in [0.2, 0.25) is 5.88 Å². The molecule has 5 heteroatoms. The maximum absolute atomic E-state index is 9.12. The van der Waals surface area contributed by atoms with Crippen LogP contribution in [0.2, 0.25) is 0 Å². The van der Waals surface area contributed by atoms with Gasteiger partial charge in [0.15, 0.2) is 11.5 Å². The maximum Gasteiger partial charge on any atom is 0.219 e. The van der Waals surface area contributed by atoms with E-state index in [1.807, 2.05) is 13.0 Å². The molecule has 3 N–H and O–H groups in total. The van der Waals surface area contributed by atoms with Gasteiger partial charge < -0.3 is 20.3 Å². The first-order chi connectivity index (χ1) is 9.66. The Balaban J connectivity index is 2.31. The topological polar surface area (TPSA) is 77.6 Å². The molecule has 0 unspecified atom stereocenters. The van der Waals surface area contributed by atoms with Crippen molar-refractivity contribution in [3.63, 3.8) is 0 Å². The fraction of sp³-hybridized carbons (Fsp3) is 0.267. The Morgan fingerprint density at radius 2 is 1.95 bits per heavy atom. The van der Waals surface area contributed by atoms with Crippen molar-refractivity contribution >= 4 is 0 Å². The number of pyridine rings is 1. The van der Waals surface area contributed by atoms with E-state index >= 15 is 0 Å². The van der Waals surface area contributed by atoms with Gasteiger partial charge in [-0.2, -0.15) is 0 Å². The predicted molar refractivity (Wildman–Crippen MR) is 75.9 cm³/mol. The Kier molecular flexibility index (Phi) is 4.55. The van der Waals surface area contributed by atoms with Crippen molar-refractivity contribution in [1.82, 2.24) is 4.98 Å². The van der Waals surface area contributed by atoms with Crippen LogP contribution in [0.15, 0.2) is 30.3 Å². The summed E-state index contributed by atoms with van der Waals surface area (Å²) < 4.78 is 11.0. The fourth-order valence-corrected chi connectivity index (χ4v) is 1.88. The largest absolute Gasteiger partial charge is 0.493 e. The summed E-state index contributed by atoms with van der Waals surface area (Å²) in [4.78, 5) is 4.31. The molecule has 1 aromatic carbocycles. The minimum atomic E-state index is -0.0450. The molecule has 2 aromatic rings. The molecular weight excluding hydrogens is 256 g/mol. The Morgan fingerprint density at radius 3 is 2.60 bits per heavy atom. The first kappa shape index (κ1) is 14.3. The highest BCUT2D eigenvalue weighted by molar-refractivity contribution is 5.44. The van der Waals surface area contributed by atoms with Gasteiger partial charge in [0, 0.05) is 18.3 Å². The number of nitrogens with two attached hydrogens (primary N) is 1. The van der Waals surface area contributed by atoms with Crippen LogP contribution in [0.25, 0.3) is 0 Å². The van der Waals surface area contributed by atoms with Crippen molar-refractivity contribution in [1.29, 1.82) is 0 Å². The number of benzene rings is 1. The third-order valence-electron chi connectivity index (χ3n) is 2.85. The second-order valence-corrected chi connectivity index (χ2v) is 4.40. The predicted octanol–water partition coefficient (Wildman–Crippen LogP) is 2.14. The highest BCUT2D eigenvalue weighted by atomic mass is 16.5. The standard InChI is InChI=1S/C15H18N2O3/c1-10-5-12(8-16)7-15(17-10)20-13-4-3-11(9-18)6-14(13)19-2/h3-7,18H,8-9,16H2,1-2H3. The number of rotatable bonds is 5. The highest BCUT2D eigenvalue weighted by Crippen LogP contribution is 2.32. The Morgan fingerprint density at radius 1 is 1.15 bits per heavy atom. The summed E-state index contributed by atoms with van der Waals surface area (Å²) in [6.07, 6.45) is 0. The molecule has 0 aliphatic carbocycles. The number of hydrogen-bond acceptors (Lipinski definition) is 5. The number of ether oxygens (including phenoxy) is 2. The maximum atomic E-state index is 9.12. The zero-order chi connectivity index (χ0) is 14.5. The Bertz CT molecular complexity index is 600. The monoisotopic (exact) mass is 274 g/mol. The van der Waals surface area contributed by atoms with Crippen molar-refractivity contribution < 1.29 is 14.6 Å². The summed E-state index contributed by atoms with van der Waals surface area (Å²) in [5.74, 6) is 1.57. The second kappa shape index (κ2) is 6.36. The van der Waals surface area contributed by atoms with E-state index in [2.05, 4.69) is 4.98 Å². The molecule has 0 fully saturated rings. The summed E-state index contributed by atoms with van der Waals surface area (Å²) in [6, 6.07) is 8.97. The molecule has 0 amide bonds. The van der Waals surface area contributed by atoms with Crippen LogP contribution in [0.3, 0.4) is 0 Å². The summed E-state index contributed by atoms with van der Waals surface area (Å²) in [6.45, 7) is 2.27. The molecule has 0 atom stereocenters. The van der Waals surface area contributed by atoms with E-state index in [9.17, 15) is 0 Å². The summed E-state index contributed by atoms with van der Waals surface area (Å²) in [5.41, 5.74) is 8.20. The van der Waals surface area contributed by atoms with E-state index in [1.165, 1.54) is 0 Å². The van der Waals surface area contributed by atoms with Crippen molar-refractivity contribution in [2.75, 3.05) is 7.11 Å². The number of aromatic nitrogens is 1. The Labute approximate surface area is 118 Å². The average Bonchev–Trinajstić information content (AvgIpc) is 2.47. The van der Waals surface area contributed by atoms with Crippen molar-refractivity contribution in [3.8, 4) is 17.4 Å². The van der Waals surface area contributed by atoms with Gasteiger partial charge in [0.1, 0.15) is 0 Å². The lowest BCUT2D eigenvalue weighted by Crippen LogP contribution is -2.00. The number of nitrogens with zero attached hydrogens (tertiary/aromatic N) is 1. The van der Waals surface area contributed by atoms with E-state index in [0.29, 0.717) is 23.9 Å². The van der Waals surface area contributed by atoms with Gasteiger partial charge in [-0.1, -0.05) is 6.07 Å². The molecular formula is C15H18N2O3. The van der Waals surface area contributed by atoms with Gasteiger partial charge in [-0.3, -0.25) is 0 Å². The molecule has 0 saturated carbocycles. The van der Waals surface area contributed by atoms with Crippen LogP contribution in [0, 0.1) is 6.92 Å². The lowest BCUT2D eigenvalue weighted by atomic mass is 10.2. The first-order valence-corrected chi connectivity index (χ1v) is 6.29. The molecule has 5 nitrogen and oxygen atoms in total. The van der Waals surface area contributed by atoms with Gasteiger partial charge in [-0.15, -0.1) is 0 Å². The molecule has 20 heavy (non-hydrogen) atoms. The minimum absolute atomic E-state index is 0.0450. The summed E-state index contributed by atoms with van der Waals surface area (Å²) in [7, 11) is 1.55. The third kappa shape index (κ3) is 3.26. The van der Waals surface area contributed by atoms with Gasteiger partial charge >= 0.3 is 0 Å². The van der Waals surface area contributed by atoms with Crippen LogP contribution in [-0.4, -0.2) is 17.2 Å². The van der Waals surface area contributed by atoms with E-state index in [1.54, 1.807) is 31.4 Å². The Hall–Kier alpha value is -2.11. The molecule has 0 radical (unpaired) electrons. The van der Waals surface area contributed by atoms with Crippen LogP contribution in [0.1, 0.15) is 16.8 Å². The van der Waals surface area contributed by atoms with Crippen LogP contribution in [-0.2, 0) is 13.2 Å². The molecule has 2 rings (SSSR count). The van der Waals surface area contributed by atoms with E-state index < -0.39 is 0 Å². The van der Waals surface area contributed by atoms with Crippen LogP contribution < -0.4 is 15.2 Å². The fourth-order valence-electron chi connectivity index (χ4n) is 1.88. The number of methoxy groups -OCH3 is 1. The molecule has 106 valence electrons. The summed E-state index contributed by atoms with van der Waals surface area (Å²) >= 11 is 0. The minimum Gasteiger partial charge on any atom is -0.493 e. The van der Waals surface area contributed by atoms with Crippen molar-refractivity contribution in [2.45, 2.75) is 20.1 Å². The van der Waals surface area contributed by atoms with E-state index in [4.69, 9.17) is 20.3 Å². The third-order valence-corrected chi connectivity index (χ3v) is 2.85. The molecule has 1 heterocycles. The van der Waals surface area contributed by atoms with Gasteiger partial charge in [-0.05, 0) is 36.2 Å². The normalized spacial score (nSPS) is 10.4. The zero-order valence-electron chi connectivity index (χ0n) is 11.6. The molecule has 0 aliphatic heterocycles. The van der Waals surface area contributed by atoms with Crippen LogP contribution in [0.4, 0.5) is 0 Å². The highest BCUT2D eigenvalue weighted by Gasteiger charge is 2.08. The molecule has 0 saturated heterocycles. The zero-order valence-corrected chi connectivity index (χ0v) is 11.6. The molecule has 0 aliphatic rings. The van der Waals surface area contributed by atoms with Crippen molar-refractivity contribution in [3.05, 3.63) is 47.2 Å². The van der Waals surface area contributed by atoms with Gasteiger partial charge in [0.05, 0.1) is 13.7 Å². The number of aliphatic hydroxyl groups excluding tert-OH is 1. The number of aliphatic hydroxyl groups is 1. The summed E-state index contributed by atoms with van der Waals surface area (Å²) in [5, 5.41) is 9.12. The smallest absolute Gasteiger partial charge is 0.219 e. The SMILES string of the molecule is COc1cc(CO)ccc1Oc1cc(CN)cc(C)n1.